The maximum absolute atomic E-state index is 11.7. The van der Waals surface area contributed by atoms with Gasteiger partial charge in [0.15, 0.2) is 5.78 Å². The van der Waals surface area contributed by atoms with Gasteiger partial charge >= 0.3 is 0 Å². The molecule has 3 nitrogen and oxygen atoms in total. The van der Waals surface area contributed by atoms with Crippen LogP contribution in [0.15, 0.2) is 22.1 Å². The summed E-state index contributed by atoms with van der Waals surface area (Å²) in [6, 6.07) is 3.82. The standard InChI is InChI=1S/C13H17NO2/c1-3-14-7-6-13(15)11(9-14)8-12-5-4-10(2)16-12/h4-5,8H,3,6-7,9H2,1-2H3/b11-8+. The minimum absolute atomic E-state index is 0.249. The van der Waals surface area contributed by atoms with Gasteiger partial charge in [0.2, 0.25) is 0 Å². The molecule has 0 aliphatic carbocycles. The molecule has 0 aromatic carbocycles. The molecule has 0 radical (unpaired) electrons. The second-order valence-electron chi connectivity index (χ2n) is 4.16. The predicted octanol–water partition coefficient (Wildman–Crippen LogP) is 2.27. The van der Waals surface area contributed by atoms with Gasteiger partial charge in [-0.25, -0.2) is 0 Å². The number of carbonyl (C=O) groups is 1. The molecular weight excluding hydrogens is 202 g/mol. The van der Waals surface area contributed by atoms with Gasteiger partial charge < -0.3 is 4.42 Å². The second-order valence-corrected chi connectivity index (χ2v) is 4.16. The Morgan fingerprint density at radius 1 is 1.50 bits per heavy atom. The average Bonchev–Trinajstić information content (AvgIpc) is 2.67. The highest BCUT2D eigenvalue weighted by atomic mass is 16.3. The molecule has 16 heavy (non-hydrogen) atoms. The molecule has 3 heteroatoms. The lowest BCUT2D eigenvalue weighted by atomic mass is 10.0. The molecule has 2 rings (SSSR count). The fourth-order valence-corrected chi connectivity index (χ4v) is 1.93. The lowest BCUT2D eigenvalue weighted by Gasteiger charge is -2.26. The van der Waals surface area contributed by atoms with Crippen molar-refractivity contribution < 1.29 is 9.21 Å². The van der Waals surface area contributed by atoms with E-state index in [1.54, 1.807) is 0 Å². The quantitative estimate of drug-likeness (QED) is 0.715. The van der Waals surface area contributed by atoms with Gasteiger partial charge in [-0.15, -0.1) is 0 Å². The Morgan fingerprint density at radius 3 is 2.94 bits per heavy atom. The lowest BCUT2D eigenvalue weighted by Crippen LogP contribution is -2.35. The van der Waals surface area contributed by atoms with Crippen molar-refractivity contribution >= 4 is 11.9 Å². The van der Waals surface area contributed by atoms with Crippen LogP contribution < -0.4 is 0 Å². The van der Waals surface area contributed by atoms with Crippen LogP contribution in [0.3, 0.4) is 0 Å². The Balaban J connectivity index is 2.17. The maximum atomic E-state index is 11.7. The first-order valence-electron chi connectivity index (χ1n) is 5.71. The maximum Gasteiger partial charge on any atom is 0.161 e. The highest BCUT2D eigenvalue weighted by molar-refractivity contribution is 6.00. The molecule has 1 aromatic heterocycles. The van der Waals surface area contributed by atoms with Crippen molar-refractivity contribution in [2.24, 2.45) is 0 Å². The number of rotatable bonds is 2. The van der Waals surface area contributed by atoms with Gasteiger partial charge in [0.25, 0.3) is 0 Å². The third-order valence-corrected chi connectivity index (χ3v) is 2.93. The smallest absolute Gasteiger partial charge is 0.161 e. The third-order valence-electron chi connectivity index (χ3n) is 2.93. The second kappa shape index (κ2) is 4.66. The number of aryl methyl sites for hydroxylation is 1. The van der Waals surface area contributed by atoms with Gasteiger partial charge in [-0.2, -0.15) is 0 Å². The highest BCUT2D eigenvalue weighted by Crippen LogP contribution is 2.17. The summed E-state index contributed by atoms with van der Waals surface area (Å²) in [5.74, 6) is 1.90. The summed E-state index contributed by atoms with van der Waals surface area (Å²) in [7, 11) is 0. The van der Waals surface area contributed by atoms with Crippen molar-refractivity contribution in [1.29, 1.82) is 0 Å². The monoisotopic (exact) mass is 219 g/mol. The van der Waals surface area contributed by atoms with Crippen LogP contribution in [0, 0.1) is 6.92 Å². The van der Waals surface area contributed by atoms with Crippen molar-refractivity contribution in [2.75, 3.05) is 19.6 Å². The molecule has 1 aliphatic heterocycles. The van der Waals surface area contributed by atoms with Crippen molar-refractivity contribution in [3.05, 3.63) is 29.2 Å². The van der Waals surface area contributed by atoms with E-state index in [0.29, 0.717) is 6.42 Å². The molecule has 1 aromatic rings. The molecule has 1 aliphatic rings. The summed E-state index contributed by atoms with van der Waals surface area (Å²) in [5, 5.41) is 0. The lowest BCUT2D eigenvalue weighted by molar-refractivity contribution is -0.117. The molecule has 2 heterocycles. The summed E-state index contributed by atoms with van der Waals surface area (Å²) in [4.78, 5) is 14.0. The van der Waals surface area contributed by atoms with Crippen LogP contribution in [-0.4, -0.2) is 30.3 Å². The fourth-order valence-electron chi connectivity index (χ4n) is 1.93. The summed E-state index contributed by atoms with van der Waals surface area (Å²) < 4.78 is 5.46. The Morgan fingerprint density at radius 2 is 2.31 bits per heavy atom. The number of piperidine rings is 1. The van der Waals surface area contributed by atoms with Crippen molar-refractivity contribution in [3.63, 3.8) is 0 Å². The predicted molar refractivity (Wildman–Crippen MR) is 63.2 cm³/mol. The zero-order valence-electron chi connectivity index (χ0n) is 9.82. The molecule has 0 atom stereocenters. The molecule has 1 saturated heterocycles. The number of furan rings is 1. The number of Topliss-reactive ketones (excluding diaryl/α,β-unsaturated/α-hetero) is 1. The summed E-state index contributed by atoms with van der Waals surface area (Å²) in [6.07, 6.45) is 2.50. The molecule has 0 amide bonds. The van der Waals surface area contributed by atoms with E-state index >= 15 is 0 Å². The normalized spacial score (nSPS) is 20.6. The number of hydrogen-bond acceptors (Lipinski definition) is 3. The minimum atomic E-state index is 0.249. The first kappa shape index (κ1) is 11.1. The molecule has 0 N–H and O–H groups in total. The molecule has 0 saturated carbocycles. The molecule has 0 bridgehead atoms. The SMILES string of the molecule is CCN1CCC(=O)/C(=C/c2ccc(C)o2)C1. The van der Waals surface area contributed by atoms with Crippen LogP contribution in [0.4, 0.5) is 0 Å². The zero-order valence-corrected chi connectivity index (χ0v) is 9.82. The molecule has 1 fully saturated rings. The van der Waals surface area contributed by atoms with E-state index in [1.807, 2.05) is 25.1 Å². The van der Waals surface area contributed by atoms with E-state index in [2.05, 4.69) is 11.8 Å². The van der Waals surface area contributed by atoms with E-state index < -0.39 is 0 Å². The molecular formula is C13H17NO2. The van der Waals surface area contributed by atoms with Gasteiger partial charge in [-0.1, -0.05) is 6.92 Å². The number of likely N-dealkylation sites (N-methyl/N-ethyl adjacent to an activating group) is 1. The van der Waals surface area contributed by atoms with Crippen molar-refractivity contribution in [2.45, 2.75) is 20.3 Å². The van der Waals surface area contributed by atoms with Crippen LogP contribution in [0.5, 0.6) is 0 Å². The van der Waals surface area contributed by atoms with E-state index in [-0.39, 0.29) is 5.78 Å². The summed E-state index contributed by atoms with van der Waals surface area (Å²) in [5.41, 5.74) is 0.863. The number of likely N-dealkylation sites (tertiary alicyclic amines) is 1. The van der Waals surface area contributed by atoms with E-state index in [1.165, 1.54) is 0 Å². The first-order valence-corrected chi connectivity index (χ1v) is 5.71. The van der Waals surface area contributed by atoms with Crippen LogP contribution in [0.25, 0.3) is 6.08 Å². The highest BCUT2D eigenvalue weighted by Gasteiger charge is 2.20. The summed E-state index contributed by atoms with van der Waals surface area (Å²) in [6.45, 7) is 6.63. The number of nitrogens with zero attached hydrogens (tertiary/aromatic N) is 1. The van der Waals surface area contributed by atoms with Crippen LogP contribution in [0.1, 0.15) is 24.9 Å². The summed E-state index contributed by atoms with van der Waals surface area (Å²) >= 11 is 0. The van der Waals surface area contributed by atoms with Crippen LogP contribution >= 0.6 is 0 Å². The molecule has 0 spiro atoms. The van der Waals surface area contributed by atoms with Crippen LogP contribution in [-0.2, 0) is 4.79 Å². The van der Waals surface area contributed by atoms with E-state index in [4.69, 9.17) is 4.42 Å². The van der Waals surface area contributed by atoms with Gasteiger partial charge in [0.1, 0.15) is 11.5 Å². The first-order chi connectivity index (χ1) is 7.69. The largest absolute Gasteiger partial charge is 0.462 e. The third kappa shape index (κ3) is 2.42. The Bertz CT molecular complexity index is 417. The van der Waals surface area contributed by atoms with Gasteiger partial charge in [-0.3, -0.25) is 9.69 Å². The number of ketones is 1. The number of hydrogen-bond donors (Lipinski definition) is 0. The van der Waals surface area contributed by atoms with Gasteiger partial charge in [-0.05, 0) is 31.7 Å². The Hall–Kier alpha value is -1.35. The Kier molecular flexibility index (Phi) is 3.25. The fraction of sp³-hybridized carbons (Fsp3) is 0.462. The van der Waals surface area contributed by atoms with Gasteiger partial charge in [0, 0.05) is 25.1 Å². The van der Waals surface area contributed by atoms with Gasteiger partial charge in [0.05, 0.1) is 0 Å². The minimum Gasteiger partial charge on any atom is -0.462 e. The molecule has 0 unspecified atom stereocenters. The Labute approximate surface area is 95.7 Å². The molecule has 86 valence electrons. The zero-order chi connectivity index (χ0) is 11.5. The average molecular weight is 219 g/mol. The van der Waals surface area contributed by atoms with E-state index in [9.17, 15) is 4.79 Å². The van der Waals surface area contributed by atoms with E-state index in [0.717, 1.165) is 36.7 Å². The van der Waals surface area contributed by atoms with Crippen molar-refractivity contribution in [3.8, 4) is 0 Å². The topological polar surface area (TPSA) is 33.5 Å². The number of carbonyl (C=O) groups excluding carboxylic acids is 1. The van der Waals surface area contributed by atoms with Crippen LogP contribution in [0.2, 0.25) is 0 Å². The van der Waals surface area contributed by atoms with Crippen molar-refractivity contribution in [1.82, 2.24) is 4.90 Å².